The molecule has 4 N–H and O–H groups in total. The normalized spacial score (nSPS) is 11.5. The third-order valence-corrected chi connectivity index (χ3v) is 5.24. The van der Waals surface area contributed by atoms with Crippen LogP contribution in [0, 0.1) is 0 Å². The quantitative estimate of drug-likeness (QED) is 0.265. The molecule has 2 aromatic rings. The second-order valence-electron chi connectivity index (χ2n) is 6.02. The molecule has 160 valence electrons. The Bertz CT molecular complexity index is 922. The van der Waals surface area contributed by atoms with Gasteiger partial charge < -0.3 is 15.4 Å². The van der Waals surface area contributed by atoms with E-state index in [0.717, 1.165) is 29.8 Å². The first-order chi connectivity index (χ1) is 13.3. The molecule has 0 aliphatic rings. The van der Waals surface area contributed by atoms with Crippen molar-refractivity contribution in [3.05, 3.63) is 58.6 Å². The predicted octanol–water partition coefficient (Wildman–Crippen LogP) is 2.91. The van der Waals surface area contributed by atoms with Crippen LogP contribution in [-0.2, 0) is 23.0 Å². The second kappa shape index (κ2) is 12.2. The van der Waals surface area contributed by atoms with Gasteiger partial charge in [-0.2, -0.15) is 0 Å². The minimum Gasteiger partial charge on any atom is -0.497 e. The van der Waals surface area contributed by atoms with Gasteiger partial charge in [-0.25, -0.2) is 18.5 Å². The fourth-order valence-corrected chi connectivity index (χ4v) is 3.25. The van der Waals surface area contributed by atoms with Crippen LogP contribution >= 0.6 is 35.6 Å². The first-order valence-electron chi connectivity index (χ1n) is 8.80. The molecule has 0 aliphatic heterocycles. The maximum atomic E-state index is 11.3. The Morgan fingerprint density at radius 2 is 1.86 bits per heavy atom. The van der Waals surface area contributed by atoms with E-state index in [0.29, 0.717) is 24.1 Å². The lowest BCUT2D eigenvalue weighted by Crippen LogP contribution is -2.38. The monoisotopic (exact) mass is 552 g/mol. The molecule has 0 atom stereocenters. The molecule has 0 spiro atoms. The van der Waals surface area contributed by atoms with Crippen molar-refractivity contribution in [1.82, 2.24) is 10.6 Å². The van der Waals surface area contributed by atoms with E-state index in [-0.39, 0.29) is 28.9 Å². The van der Waals surface area contributed by atoms with Crippen LogP contribution in [-0.4, -0.2) is 34.6 Å². The highest BCUT2D eigenvalue weighted by Crippen LogP contribution is 2.22. The number of primary sulfonamides is 1. The molecule has 0 unspecified atom stereocenters. The summed E-state index contributed by atoms with van der Waals surface area (Å²) < 4.78 is 27.8. The molecular weight excluding hydrogens is 527 g/mol. The topological polar surface area (TPSA) is 106 Å². The fourth-order valence-electron chi connectivity index (χ4n) is 2.47. The number of halogens is 2. The molecule has 0 aromatic heterocycles. The van der Waals surface area contributed by atoms with Crippen LogP contribution in [0.1, 0.15) is 18.1 Å². The maximum absolute atomic E-state index is 11.3. The minimum atomic E-state index is -3.69. The predicted molar refractivity (Wildman–Crippen MR) is 128 cm³/mol. The fraction of sp³-hybridized carbons (Fsp3) is 0.316. The summed E-state index contributed by atoms with van der Waals surface area (Å²) in [4.78, 5) is 4.60. The van der Waals surface area contributed by atoms with Gasteiger partial charge in [0.2, 0.25) is 10.0 Å². The zero-order valence-corrected chi connectivity index (χ0v) is 20.2. The molecule has 7 nitrogen and oxygen atoms in total. The zero-order valence-electron chi connectivity index (χ0n) is 16.3. The maximum Gasteiger partial charge on any atom is 0.238 e. The lowest BCUT2D eigenvalue weighted by atomic mass is 10.1. The van der Waals surface area contributed by atoms with Crippen molar-refractivity contribution in [3.63, 3.8) is 0 Å². The number of methoxy groups -OCH3 is 1. The van der Waals surface area contributed by atoms with Gasteiger partial charge in [0.25, 0.3) is 0 Å². The SMILES string of the molecule is CCNC(=NCc1ccc(S(N)(=O)=O)cc1)NCCc1ccc(OC)cc1Cl.I. The average molecular weight is 553 g/mol. The van der Waals surface area contributed by atoms with Gasteiger partial charge in [-0.05, 0) is 48.7 Å². The van der Waals surface area contributed by atoms with E-state index in [9.17, 15) is 8.42 Å². The van der Waals surface area contributed by atoms with Crippen LogP contribution in [0.2, 0.25) is 5.02 Å². The van der Waals surface area contributed by atoms with Crippen molar-refractivity contribution >= 4 is 51.6 Å². The average Bonchev–Trinajstić information content (AvgIpc) is 2.66. The molecule has 29 heavy (non-hydrogen) atoms. The summed E-state index contributed by atoms with van der Waals surface area (Å²) in [6, 6.07) is 12.0. The Morgan fingerprint density at radius 1 is 1.17 bits per heavy atom. The van der Waals surface area contributed by atoms with Crippen molar-refractivity contribution in [2.24, 2.45) is 10.1 Å². The van der Waals surface area contributed by atoms with E-state index >= 15 is 0 Å². The first kappa shape index (κ1) is 25.5. The number of nitrogens with zero attached hydrogens (tertiary/aromatic N) is 1. The second-order valence-corrected chi connectivity index (χ2v) is 7.99. The van der Waals surface area contributed by atoms with Gasteiger partial charge in [0, 0.05) is 18.1 Å². The van der Waals surface area contributed by atoms with E-state index in [1.165, 1.54) is 12.1 Å². The highest BCUT2D eigenvalue weighted by atomic mass is 127. The summed E-state index contributed by atoms with van der Waals surface area (Å²) in [6.45, 7) is 3.77. The molecule has 2 rings (SSSR count). The molecule has 0 saturated heterocycles. The summed E-state index contributed by atoms with van der Waals surface area (Å²) in [7, 11) is -2.08. The number of hydrogen-bond acceptors (Lipinski definition) is 4. The Kier molecular flexibility index (Phi) is 10.7. The van der Waals surface area contributed by atoms with Crippen LogP contribution in [0.4, 0.5) is 0 Å². The first-order valence-corrected chi connectivity index (χ1v) is 10.7. The highest BCUT2D eigenvalue weighted by molar-refractivity contribution is 14.0. The third-order valence-electron chi connectivity index (χ3n) is 3.96. The number of sulfonamides is 1. The molecule has 0 fully saturated rings. The van der Waals surface area contributed by atoms with Gasteiger partial charge in [-0.3, -0.25) is 0 Å². The van der Waals surface area contributed by atoms with Gasteiger partial charge in [0.1, 0.15) is 5.75 Å². The standard InChI is InChI=1S/C19H25ClN4O3S.HI/c1-3-22-19(23-11-10-15-6-7-16(27-2)12-18(15)20)24-13-14-4-8-17(9-5-14)28(21,25)26;/h4-9,12H,3,10-11,13H2,1-2H3,(H2,21,25,26)(H2,22,23,24);1H. The van der Waals surface area contributed by atoms with Crippen LogP contribution < -0.4 is 20.5 Å². The largest absolute Gasteiger partial charge is 0.497 e. The lowest BCUT2D eigenvalue weighted by molar-refractivity contribution is 0.414. The molecular formula is C19H26ClIN4O3S. The van der Waals surface area contributed by atoms with E-state index in [4.69, 9.17) is 21.5 Å². The zero-order chi connectivity index (χ0) is 20.6. The summed E-state index contributed by atoms with van der Waals surface area (Å²) in [5.74, 6) is 1.40. The van der Waals surface area contributed by atoms with Gasteiger partial charge in [-0.1, -0.05) is 29.8 Å². The van der Waals surface area contributed by atoms with Crippen molar-refractivity contribution in [3.8, 4) is 5.75 Å². The highest BCUT2D eigenvalue weighted by Gasteiger charge is 2.07. The van der Waals surface area contributed by atoms with Crippen molar-refractivity contribution in [2.45, 2.75) is 24.8 Å². The lowest BCUT2D eigenvalue weighted by Gasteiger charge is -2.12. The van der Waals surface area contributed by atoms with Crippen LogP contribution in [0.15, 0.2) is 52.4 Å². The van der Waals surface area contributed by atoms with E-state index in [2.05, 4.69) is 15.6 Å². The molecule has 0 saturated carbocycles. The molecule has 0 aliphatic carbocycles. The number of hydrogen-bond donors (Lipinski definition) is 3. The summed E-state index contributed by atoms with van der Waals surface area (Å²) in [5, 5.41) is 12.2. The number of nitrogens with two attached hydrogens (primary N) is 1. The number of ether oxygens (including phenoxy) is 1. The summed E-state index contributed by atoms with van der Waals surface area (Å²) in [5.41, 5.74) is 1.90. The smallest absolute Gasteiger partial charge is 0.238 e. The van der Waals surface area contributed by atoms with Crippen LogP contribution in [0.3, 0.4) is 0 Å². The van der Waals surface area contributed by atoms with Crippen LogP contribution in [0.25, 0.3) is 0 Å². The number of aliphatic imine (C=N–C) groups is 1. The Morgan fingerprint density at radius 3 is 2.41 bits per heavy atom. The molecule has 0 amide bonds. The van der Waals surface area contributed by atoms with Gasteiger partial charge in [0.15, 0.2) is 5.96 Å². The number of benzene rings is 2. The van der Waals surface area contributed by atoms with Gasteiger partial charge in [-0.15, -0.1) is 24.0 Å². The Hall–Kier alpha value is -1.56. The molecule has 0 bridgehead atoms. The molecule has 10 heteroatoms. The molecule has 0 radical (unpaired) electrons. The van der Waals surface area contributed by atoms with Gasteiger partial charge in [0.05, 0.1) is 18.6 Å². The third kappa shape index (κ3) is 8.37. The van der Waals surface area contributed by atoms with Gasteiger partial charge >= 0.3 is 0 Å². The summed E-state index contributed by atoms with van der Waals surface area (Å²) >= 11 is 6.27. The van der Waals surface area contributed by atoms with Crippen LogP contribution in [0.5, 0.6) is 5.75 Å². The Balaban J connectivity index is 0.00000420. The minimum absolute atomic E-state index is 0. The van der Waals surface area contributed by atoms with E-state index < -0.39 is 10.0 Å². The molecule has 2 aromatic carbocycles. The van der Waals surface area contributed by atoms with Crippen molar-refractivity contribution in [2.75, 3.05) is 20.2 Å². The Labute approximate surface area is 194 Å². The van der Waals surface area contributed by atoms with E-state index in [1.807, 2.05) is 19.1 Å². The summed E-state index contributed by atoms with van der Waals surface area (Å²) in [6.07, 6.45) is 0.732. The number of rotatable bonds is 8. The van der Waals surface area contributed by atoms with Crippen molar-refractivity contribution < 1.29 is 13.2 Å². The van der Waals surface area contributed by atoms with Crippen molar-refractivity contribution in [1.29, 1.82) is 0 Å². The molecule has 0 heterocycles. The number of guanidine groups is 1. The van der Waals surface area contributed by atoms with E-state index in [1.54, 1.807) is 25.3 Å². The number of nitrogens with one attached hydrogen (secondary N) is 2.